The molecule has 3 N–H and O–H groups in total. The summed E-state index contributed by atoms with van der Waals surface area (Å²) >= 11 is 1.37. The van der Waals surface area contributed by atoms with Crippen molar-refractivity contribution in [2.45, 2.75) is 45.6 Å². The number of pyridine rings is 1. The maximum absolute atomic E-state index is 13.6. The molecule has 1 aromatic carbocycles. The first-order valence-electron chi connectivity index (χ1n) is 11.8. The SMILES string of the molecule is CC(C)(C)c1cc(C(=O)N2CCNC(=O)C2(C)C)c(NC(=O)Nc2cccc(-c3cccnc3)c2)s1. The van der Waals surface area contributed by atoms with Crippen LogP contribution >= 0.6 is 11.3 Å². The molecule has 0 unspecified atom stereocenters. The van der Waals surface area contributed by atoms with Crippen LogP contribution in [-0.4, -0.2) is 46.4 Å². The zero-order valence-corrected chi connectivity index (χ0v) is 22.0. The second kappa shape index (κ2) is 9.73. The Morgan fingerprint density at radius 3 is 2.53 bits per heavy atom. The molecule has 36 heavy (non-hydrogen) atoms. The van der Waals surface area contributed by atoms with E-state index in [1.165, 1.54) is 11.3 Å². The molecule has 1 saturated heterocycles. The predicted octanol–water partition coefficient (Wildman–Crippen LogP) is 5.10. The largest absolute Gasteiger partial charge is 0.352 e. The maximum Gasteiger partial charge on any atom is 0.324 e. The topological polar surface area (TPSA) is 103 Å². The Labute approximate surface area is 215 Å². The normalized spacial score (nSPS) is 15.2. The molecule has 1 aliphatic heterocycles. The highest BCUT2D eigenvalue weighted by Gasteiger charge is 2.42. The van der Waals surface area contributed by atoms with Gasteiger partial charge in [-0.05, 0) is 49.1 Å². The zero-order chi connectivity index (χ0) is 26.1. The van der Waals surface area contributed by atoms with Gasteiger partial charge in [0.2, 0.25) is 5.91 Å². The predicted molar refractivity (Wildman–Crippen MR) is 143 cm³/mol. The third-order valence-corrected chi connectivity index (χ3v) is 7.62. The van der Waals surface area contributed by atoms with Gasteiger partial charge in [-0.15, -0.1) is 11.3 Å². The molecule has 0 radical (unpaired) electrons. The van der Waals surface area contributed by atoms with Crippen LogP contribution in [0.1, 0.15) is 49.9 Å². The average Bonchev–Trinajstić information content (AvgIpc) is 3.25. The third kappa shape index (κ3) is 5.26. The van der Waals surface area contributed by atoms with Gasteiger partial charge in [0.25, 0.3) is 5.91 Å². The van der Waals surface area contributed by atoms with Gasteiger partial charge in [0.05, 0.1) is 5.56 Å². The van der Waals surface area contributed by atoms with Crippen LogP contribution in [0.5, 0.6) is 0 Å². The lowest BCUT2D eigenvalue weighted by atomic mass is 9.93. The van der Waals surface area contributed by atoms with E-state index in [0.29, 0.717) is 29.3 Å². The van der Waals surface area contributed by atoms with Gasteiger partial charge in [-0.3, -0.25) is 19.9 Å². The lowest BCUT2D eigenvalue weighted by Crippen LogP contribution is -2.63. The number of anilines is 2. The smallest absolute Gasteiger partial charge is 0.324 e. The Hall–Kier alpha value is -3.72. The van der Waals surface area contributed by atoms with E-state index in [4.69, 9.17) is 0 Å². The number of nitrogens with one attached hydrogen (secondary N) is 3. The summed E-state index contributed by atoms with van der Waals surface area (Å²) < 4.78 is 0. The summed E-state index contributed by atoms with van der Waals surface area (Å²) in [5.74, 6) is -0.482. The van der Waals surface area contributed by atoms with Crippen molar-refractivity contribution in [2.75, 3.05) is 23.7 Å². The van der Waals surface area contributed by atoms with E-state index < -0.39 is 11.6 Å². The molecule has 0 bridgehead atoms. The van der Waals surface area contributed by atoms with Gasteiger partial charge < -0.3 is 15.5 Å². The van der Waals surface area contributed by atoms with Crippen LogP contribution in [-0.2, 0) is 10.2 Å². The summed E-state index contributed by atoms with van der Waals surface area (Å²) in [6.45, 7) is 10.4. The highest BCUT2D eigenvalue weighted by molar-refractivity contribution is 7.16. The van der Waals surface area contributed by atoms with Crippen LogP contribution in [0.4, 0.5) is 15.5 Å². The van der Waals surface area contributed by atoms with Crippen molar-refractivity contribution >= 4 is 39.9 Å². The van der Waals surface area contributed by atoms with Crippen LogP contribution in [0.3, 0.4) is 0 Å². The molecule has 4 rings (SSSR count). The number of aromatic nitrogens is 1. The molecular formula is C27H31N5O3S. The summed E-state index contributed by atoms with van der Waals surface area (Å²) in [6.07, 6.45) is 3.47. The number of nitrogens with zero attached hydrogens (tertiary/aromatic N) is 2. The summed E-state index contributed by atoms with van der Waals surface area (Å²) in [7, 11) is 0. The molecule has 8 nitrogen and oxygen atoms in total. The number of carbonyl (C=O) groups excluding carboxylic acids is 3. The second-order valence-electron chi connectivity index (χ2n) is 10.3. The van der Waals surface area contributed by atoms with E-state index in [1.54, 1.807) is 37.2 Å². The van der Waals surface area contributed by atoms with Crippen molar-refractivity contribution in [2.24, 2.45) is 0 Å². The number of carbonyl (C=O) groups is 3. The lowest BCUT2D eigenvalue weighted by Gasteiger charge is -2.41. The summed E-state index contributed by atoms with van der Waals surface area (Å²) in [5, 5.41) is 9.01. The van der Waals surface area contributed by atoms with Crippen molar-refractivity contribution in [1.82, 2.24) is 15.2 Å². The molecule has 0 aliphatic carbocycles. The van der Waals surface area contributed by atoms with Gasteiger partial charge in [-0.1, -0.05) is 39.0 Å². The quantitative estimate of drug-likeness (QED) is 0.459. The average molecular weight is 506 g/mol. The molecule has 9 heteroatoms. The summed E-state index contributed by atoms with van der Waals surface area (Å²) in [4.78, 5) is 45.8. The zero-order valence-electron chi connectivity index (χ0n) is 21.1. The van der Waals surface area contributed by atoms with Crippen molar-refractivity contribution in [1.29, 1.82) is 0 Å². The van der Waals surface area contributed by atoms with Gasteiger partial charge >= 0.3 is 6.03 Å². The molecule has 0 saturated carbocycles. The first-order chi connectivity index (χ1) is 17.0. The van der Waals surface area contributed by atoms with E-state index in [1.807, 2.05) is 36.4 Å². The van der Waals surface area contributed by atoms with E-state index in [2.05, 4.69) is 41.7 Å². The van der Waals surface area contributed by atoms with E-state index in [-0.39, 0.29) is 17.2 Å². The van der Waals surface area contributed by atoms with E-state index >= 15 is 0 Å². The number of urea groups is 1. The van der Waals surface area contributed by atoms with Gasteiger partial charge in [0, 0.05) is 41.6 Å². The molecule has 3 aromatic rings. The maximum atomic E-state index is 13.6. The fraction of sp³-hybridized carbons (Fsp3) is 0.333. The van der Waals surface area contributed by atoms with E-state index in [0.717, 1.165) is 16.0 Å². The van der Waals surface area contributed by atoms with Crippen LogP contribution in [0.15, 0.2) is 54.9 Å². The number of rotatable bonds is 4. The number of hydrogen-bond donors (Lipinski definition) is 3. The second-order valence-corrected chi connectivity index (χ2v) is 11.3. The van der Waals surface area contributed by atoms with Gasteiger partial charge in [-0.25, -0.2) is 4.79 Å². The van der Waals surface area contributed by atoms with Gasteiger partial charge in [-0.2, -0.15) is 0 Å². The number of benzene rings is 1. The minimum absolute atomic E-state index is 0.200. The molecule has 2 aromatic heterocycles. The van der Waals surface area contributed by atoms with Crippen LogP contribution in [0, 0.1) is 0 Å². The van der Waals surface area contributed by atoms with Crippen molar-refractivity contribution in [3.8, 4) is 11.1 Å². The van der Waals surface area contributed by atoms with Gasteiger partial charge in [0.15, 0.2) is 0 Å². The molecule has 188 valence electrons. The molecule has 1 fully saturated rings. The molecule has 0 atom stereocenters. The minimum Gasteiger partial charge on any atom is -0.352 e. The highest BCUT2D eigenvalue weighted by atomic mass is 32.1. The first kappa shape index (κ1) is 25.4. The van der Waals surface area contributed by atoms with Crippen molar-refractivity contribution in [3.05, 3.63) is 65.3 Å². The minimum atomic E-state index is -0.995. The fourth-order valence-electron chi connectivity index (χ4n) is 3.99. The Bertz CT molecular complexity index is 1290. The van der Waals surface area contributed by atoms with Crippen LogP contribution in [0.2, 0.25) is 0 Å². The summed E-state index contributed by atoms with van der Waals surface area (Å²) in [5.41, 5.74) is 1.65. The first-order valence-corrected chi connectivity index (χ1v) is 12.6. The van der Waals surface area contributed by atoms with E-state index in [9.17, 15) is 14.4 Å². The van der Waals surface area contributed by atoms with Crippen molar-refractivity contribution < 1.29 is 14.4 Å². The van der Waals surface area contributed by atoms with Crippen LogP contribution in [0.25, 0.3) is 11.1 Å². The Morgan fingerprint density at radius 1 is 1.08 bits per heavy atom. The number of amides is 4. The number of piperazine rings is 1. The molecule has 1 aliphatic rings. The Morgan fingerprint density at radius 2 is 1.83 bits per heavy atom. The molecule has 4 amide bonds. The Kier molecular flexibility index (Phi) is 6.86. The Balaban J connectivity index is 1.59. The highest BCUT2D eigenvalue weighted by Crippen LogP contribution is 2.38. The number of thiophene rings is 1. The van der Waals surface area contributed by atoms with Crippen molar-refractivity contribution in [3.63, 3.8) is 0 Å². The number of hydrogen-bond acceptors (Lipinski definition) is 5. The standard InChI is InChI=1S/C27H31N5O3S/c1-26(2,3)21-15-20(23(33)32-13-12-29-24(34)27(32,4)5)22(36-21)31-25(35)30-19-10-6-8-17(14-19)18-9-7-11-28-16-18/h6-11,14-16H,12-13H2,1-5H3,(H,29,34)(H2,30,31,35). The fourth-order valence-corrected chi connectivity index (χ4v) is 5.09. The van der Waals surface area contributed by atoms with Crippen LogP contribution < -0.4 is 16.0 Å². The molecular weight excluding hydrogens is 474 g/mol. The summed E-state index contributed by atoms with van der Waals surface area (Å²) in [6, 6.07) is 12.7. The third-order valence-electron chi connectivity index (χ3n) is 6.14. The monoisotopic (exact) mass is 505 g/mol. The molecule has 3 heterocycles. The van der Waals surface area contributed by atoms with Gasteiger partial charge in [0.1, 0.15) is 10.5 Å². The lowest BCUT2D eigenvalue weighted by molar-refractivity contribution is -0.133. The molecule has 0 spiro atoms.